The van der Waals surface area contributed by atoms with Gasteiger partial charge in [0.15, 0.2) is 0 Å². The highest BCUT2D eigenvalue weighted by Gasteiger charge is 2.23. The number of alkyl carbamates (subject to hydrolysis) is 1. The van der Waals surface area contributed by atoms with Crippen molar-refractivity contribution in [1.82, 2.24) is 10.6 Å². The van der Waals surface area contributed by atoms with Crippen molar-refractivity contribution in [2.45, 2.75) is 52.2 Å². The highest BCUT2D eigenvalue weighted by Crippen LogP contribution is 2.12. The van der Waals surface area contributed by atoms with Gasteiger partial charge in [0.1, 0.15) is 5.60 Å². The average molecular weight is 274 g/mol. The van der Waals surface area contributed by atoms with Crippen LogP contribution in [0.15, 0.2) is 0 Å². The zero-order valence-electron chi connectivity index (χ0n) is 12.4. The van der Waals surface area contributed by atoms with Gasteiger partial charge in [-0.1, -0.05) is 6.92 Å². The molecular formula is C13H26N2O4. The van der Waals surface area contributed by atoms with Crippen molar-refractivity contribution in [3.05, 3.63) is 0 Å². The number of carbonyl (C=O) groups excluding carboxylic acids is 2. The van der Waals surface area contributed by atoms with E-state index < -0.39 is 17.7 Å². The van der Waals surface area contributed by atoms with Gasteiger partial charge in [0.05, 0.1) is 12.6 Å². The largest absolute Gasteiger partial charge is 0.444 e. The van der Waals surface area contributed by atoms with Gasteiger partial charge < -0.3 is 20.5 Å². The van der Waals surface area contributed by atoms with Crippen LogP contribution in [0.4, 0.5) is 4.79 Å². The van der Waals surface area contributed by atoms with Crippen LogP contribution in [-0.2, 0) is 9.53 Å². The lowest BCUT2D eigenvalue weighted by Gasteiger charge is -2.24. The minimum Gasteiger partial charge on any atom is -0.444 e. The molecule has 0 aromatic heterocycles. The van der Waals surface area contributed by atoms with Gasteiger partial charge in [-0.2, -0.15) is 0 Å². The van der Waals surface area contributed by atoms with E-state index in [9.17, 15) is 14.7 Å². The Bertz CT molecular complexity index is 300. The molecule has 2 atom stereocenters. The summed E-state index contributed by atoms with van der Waals surface area (Å²) in [5, 5.41) is 14.4. The molecule has 0 spiro atoms. The average Bonchev–Trinajstić information content (AvgIpc) is 2.31. The molecule has 6 heteroatoms. The van der Waals surface area contributed by atoms with E-state index in [2.05, 4.69) is 10.6 Å². The Morgan fingerprint density at radius 3 is 2.26 bits per heavy atom. The van der Waals surface area contributed by atoms with Crippen LogP contribution in [0, 0.1) is 5.92 Å². The van der Waals surface area contributed by atoms with Gasteiger partial charge in [0.2, 0.25) is 5.91 Å². The predicted molar refractivity (Wildman–Crippen MR) is 72.7 cm³/mol. The molecule has 0 aliphatic carbocycles. The molecule has 0 rings (SSSR count). The minimum atomic E-state index is -0.588. The summed E-state index contributed by atoms with van der Waals surface area (Å²) in [7, 11) is 1.57. The van der Waals surface area contributed by atoms with E-state index in [-0.39, 0.29) is 18.4 Å². The molecule has 0 radical (unpaired) electrons. The second-order valence-electron chi connectivity index (χ2n) is 5.48. The van der Waals surface area contributed by atoms with E-state index in [4.69, 9.17) is 4.74 Å². The third-order valence-electron chi connectivity index (χ3n) is 2.62. The molecule has 3 N–H and O–H groups in total. The Morgan fingerprint density at radius 1 is 1.32 bits per heavy atom. The maximum absolute atomic E-state index is 11.6. The lowest BCUT2D eigenvalue weighted by atomic mass is 9.96. The summed E-state index contributed by atoms with van der Waals surface area (Å²) in [5.74, 6) is -0.330. The van der Waals surface area contributed by atoms with Gasteiger partial charge in [0, 0.05) is 13.0 Å². The van der Waals surface area contributed by atoms with Crippen molar-refractivity contribution < 1.29 is 19.4 Å². The summed E-state index contributed by atoms with van der Waals surface area (Å²) < 4.78 is 5.11. The van der Waals surface area contributed by atoms with E-state index in [1.165, 1.54) is 0 Å². The molecule has 0 fully saturated rings. The maximum atomic E-state index is 11.6. The number of aliphatic hydroxyl groups excluding tert-OH is 1. The van der Waals surface area contributed by atoms with E-state index in [0.717, 1.165) is 0 Å². The fourth-order valence-corrected chi connectivity index (χ4v) is 1.66. The van der Waals surface area contributed by atoms with Crippen LogP contribution < -0.4 is 10.6 Å². The van der Waals surface area contributed by atoms with Crippen LogP contribution >= 0.6 is 0 Å². The molecule has 0 saturated heterocycles. The van der Waals surface area contributed by atoms with Crippen LogP contribution in [0.25, 0.3) is 0 Å². The number of hydrogen-bond donors (Lipinski definition) is 3. The molecule has 0 heterocycles. The molecular weight excluding hydrogens is 248 g/mol. The molecule has 0 aromatic carbocycles. The van der Waals surface area contributed by atoms with Gasteiger partial charge in [-0.05, 0) is 33.6 Å². The third kappa shape index (κ3) is 7.66. The molecule has 19 heavy (non-hydrogen) atoms. The molecule has 0 bridgehead atoms. The topological polar surface area (TPSA) is 87.7 Å². The zero-order valence-corrected chi connectivity index (χ0v) is 12.4. The van der Waals surface area contributed by atoms with Crippen molar-refractivity contribution in [1.29, 1.82) is 0 Å². The molecule has 0 aromatic rings. The van der Waals surface area contributed by atoms with Gasteiger partial charge in [-0.15, -0.1) is 0 Å². The first-order valence-corrected chi connectivity index (χ1v) is 6.55. The SMILES string of the molecule is CCC(CC(CO)NC(=O)OC(C)(C)C)C(=O)NC. The van der Waals surface area contributed by atoms with Crippen LogP contribution in [0.2, 0.25) is 0 Å². The van der Waals surface area contributed by atoms with Crippen LogP contribution in [-0.4, -0.2) is 42.4 Å². The quantitative estimate of drug-likeness (QED) is 0.675. The Balaban J connectivity index is 4.42. The van der Waals surface area contributed by atoms with Crippen molar-refractivity contribution in [2.24, 2.45) is 5.92 Å². The molecule has 0 saturated carbocycles. The van der Waals surface area contributed by atoms with Gasteiger partial charge >= 0.3 is 6.09 Å². The Kier molecular flexibility index (Phi) is 7.44. The Hall–Kier alpha value is -1.30. The summed E-state index contributed by atoms with van der Waals surface area (Å²) in [6.45, 7) is 6.95. The molecule has 2 unspecified atom stereocenters. The maximum Gasteiger partial charge on any atom is 0.407 e. The van der Waals surface area contributed by atoms with Gasteiger partial charge in [0.25, 0.3) is 0 Å². The Morgan fingerprint density at radius 2 is 1.89 bits per heavy atom. The van der Waals surface area contributed by atoms with E-state index in [1.54, 1.807) is 27.8 Å². The molecule has 2 amide bonds. The number of hydrogen-bond acceptors (Lipinski definition) is 4. The number of rotatable bonds is 6. The first-order chi connectivity index (χ1) is 8.73. The highest BCUT2D eigenvalue weighted by molar-refractivity contribution is 5.78. The second-order valence-corrected chi connectivity index (χ2v) is 5.48. The van der Waals surface area contributed by atoms with Crippen molar-refractivity contribution in [3.8, 4) is 0 Å². The van der Waals surface area contributed by atoms with Gasteiger partial charge in [-0.25, -0.2) is 4.79 Å². The van der Waals surface area contributed by atoms with Crippen LogP contribution in [0.3, 0.4) is 0 Å². The third-order valence-corrected chi connectivity index (χ3v) is 2.62. The van der Waals surface area contributed by atoms with Gasteiger partial charge in [-0.3, -0.25) is 4.79 Å². The normalized spacial score (nSPS) is 14.4. The minimum absolute atomic E-state index is 0.0908. The van der Waals surface area contributed by atoms with Crippen molar-refractivity contribution >= 4 is 12.0 Å². The van der Waals surface area contributed by atoms with Crippen molar-refractivity contribution in [3.63, 3.8) is 0 Å². The standard InChI is InChI=1S/C13H26N2O4/c1-6-9(11(17)14-5)7-10(8-16)15-12(18)19-13(2,3)4/h9-10,16H,6-8H2,1-5H3,(H,14,17)(H,15,18). The number of nitrogens with one attached hydrogen (secondary N) is 2. The fraction of sp³-hybridized carbons (Fsp3) is 0.846. The van der Waals surface area contributed by atoms with E-state index in [1.807, 2.05) is 6.92 Å². The second kappa shape index (κ2) is 7.99. The summed E-state index contributed by atoms with van der Waals surface area (Å²) in [4.78, 5) is 23.2. The first kappa shape index (κ1) is 17.7. The summed E-state index contributed by atoms with van der Waals surface area (Å²) in [5.41, 5.74) is -0.588. The fourth-order valence-electron chi connectivity index (χ4n) is 1.66. The number of amides is 2. The number of ether oxygens (including phenoxy) is 1. The van der Waals surface area contributed by atoms with Crippen LogP contribution in [0.5, 0.6) is 0 Å². The Labute approximate surface area is 114 Å². The van der Waals surface area contributed by atoms with Crippen molar-refractivity contribution in [2.75, 3.05) is 13.7 Å². The molecule has 0 aliphatic heterocycles. The van der Waals surface area contributed by atoms with E-state index in [0.29, 0.717) is 12.8 Å². The van der Waals surface area contributed by atoms with Crippen LogP contribution in [0.1, 0.15) is 40.5 Å². The summed E-state index contributed by atoms with van der Waals surface area (Å²) in [6, 6.07) is -0.489. The molecule has 6 nitrogen and oxygen atoms in total. The molecule has 112 valence electrons. The first-order valence-electron chi connectivity index (χ1n) is 6.55. The zero-order chi connectivity index (χ0) is 15.1. The molecule has 0 aliphatic rings. The number of carbonyl (C=O) groups is 2. The lowest BCUT2D eigenvalue weighted by molar-refractivity contribution is -0.125. The number of aliphatic hydroxyl groups is 1. The monoisotopic (exact) mass is 274 g/mol. The lowest BCUT2D eigenvalue weighted by Crippen LogP contribution is -2.43. The summed E-state index contributed by atoms with van der Waals surface area (Å²) >= 11 is 0. The summed E-state index contributed by atoms with van der Waals surface area (Å²) in [6.07, 6.45) is 0.441. The smallest absolute Gasteiger partial charge is 0.407 e. The van der Waals surface area contributed by atoms with E-state index >= 15 is 0 Å². The predicted octanol–water partition coefficient (Wildman–Crippen LogP) is 1.03. The highest BCUT2D eigenvalue weighted by atomic mass is 16.6.